The van der Waals surface area contributed by atoms with Crippen molar-refractivity contribution < 1.29 is 14.3 Å². The van der Waals surface area contributed by atoms with Gasteiger partial charge in [0.1, 0.15) is 0 Å². The van der Waals surface area contributed by atoms with Gasteiger partial charge >= 0.3 is 5.97 Å². The summed E-state index contributed by atoms with van der Waals surface area (Å²) in [5.74, 6) is 2.10. The van der Waals surface area contributed by atoms with Gasteiger partial charge in [-0.25, -0.2) is 0 Å². The Labute approximate surface area is 166 Å². The van der Waals surface area contributed by atoms with E-state index in [0.717, 1.165) is 42.5 Å². The maximum Gasteiger partial charge on any atom is 0.315 e. The number of carbonyl (C=O) groups is 2. The molecule has 28 heavy (non-hydrogen) atoms. The van der Waals surface area contributed by atoms with Gasteiger partial charge in [0.2, 0.25) is 5.78 Å². The van der Waals surface area contributed by atoms with Gasteiger partial charge < -0.3 is 9.30 Å². The quantitative estimate of drug-likeness (QED) is 0.387. The number of aryl methyl sites for hydroxylation is 1. The van der Waals surface area contributed by atoms with Crippen molar-refractivity contribution in [2.24, 2.45) is 0 Å². The van der Waals surface area contributed by atoms with Crippen molar-refractivity contribution >= 4 is 11.8 Å². The minimum Gasteiger partial charge on any atom is -0.465 e. The zero-order valence-corrected chi connectivity index (χ0v) is 16.7. The Morgan fingerprint density at radius 3 is 2.61 bits per heavy atom. The van der Waals surface area contributed by atoms with E-state index in [1.54, 1.807) is 24.3 Å². The zero-order chi connectivity index (χ0) is 20.1. The number of carbonyl (C=O) groups excluding carboxylic acids is 2. The molecule has 0 amide bonds. The highest BCUT2D eigenvalue weighted by Crippen LogP contribution is 2.35. The Morgan fingerprint density at radius 1 is 1.21 bits per heavy atom. The predicted molar refractivity (Wildman–Crippen MR) is 109 cm³/mol. The number of hydrogen-bond acceptors (Lipinski definition) is 3. The van der Waals surface area contributed by atoms with E-state index in [1.165, 1.54) is 0 Å². The van der Waals surface area contributed by atoms with Crippen molar-refractivity contribution in [1.29, 1.82) is 0 Å². The molecule has 146 valence electrons. The molecule has 1 aromatic carbocycles. The molecule has 2 aromatic rings. The average Bonchev–Trinajstić information content (AvgIpc) is 3.28. The summed E-state index contributed by atoms with van der Waals surface area (Å²) >= 11 is 0. The van der Waals surface area contributed by atoms with E-state index < -0.39 is 0 Å². The first-order chi connectivity index (χ1) is 13.6. The predicted octanol–water partition coefficient (Wildman–Crippen LogP) is 4.48. The number of hydrogen-bond donors (Lipinski definition) is 0. The highest BCUT2D eigenvalue weighted by molar-refractivity contribution is 6.09. The van der Waals surface area contributed by atoms with Gasteiger partial charge in [-0.1, -0.05) is 26.2 Å². The summed E-state index contributed by atoms with van der Waals surface area (Å²) in [5.41, 5.74) is 4.02. The second-order valence-electron chi connectivity index (χ2n) is 7.26. The molecule has 0 saturated heterocycles. The van der Waals surface area contributed by atoms with Crippen LogP contribution in [0, 0.1) is 12.3 Å². The number of esters is 1. The van der Waals surface area contributed by atoms with Crippen LogP contribution in [0.15, 0.2) is 30.3 Å². The van der Waals surface area contributed by atoms with Crippen LogP contribution >= 0.6 is 0 Å². The van der Waals surface area contributed by atoms with Crippen LogP contribution in [0.1, 0.15) is 78.3 Å². The number of fused-ring (bicyclic) bond motifs is 1. The van der Waals surface area contributed by atoms with Crippen molar-refractivity contribution in [3.8, 4) is 12.3 Å². The summed E-state index contributed by atoms with van der Waals surface area (Å²) in [6, 6.07) is 9.19. The van der Waals surface area contributed by atoms with Gasteiger partial charge in [-0.05, 0) is 61.6 Å². The first-order valence-corrected chi connectivity index (χ1v) is 10.1. The number of aromatic nitrogens is 1. The maximum atomic E-state index is 13.3. The molecule has 0 N–H and O–H groups in total. The Bertz CT molecular complexity index is 899. The van der Waals surface area contributed by atoms with Gasteiger partial charge in [0.25, 0.3) is 0 Å². The molecule has 0 aliphatic carbocycles. The SMILES string of the molecule is C#Cc1ccc(C(=O)c2c(CCCC)cc3n2CCC3C(=O)OCCC)cc1. The monoisotopic (exact) mass is 377 g/mol. The van der Waals surface area contributed by atoms with E-state index in [0.29, 0.717) is 30.8 Å². The van der Waals surface area contributed by atoms with Gasteiger partial charge in [-0.15, -0.1) is 6.42 Å². The third-order valence-corrected chi connectivity index (χ3v) is 5.27. The maximum absolute atomic E-state index is 13.3. The summed E-state index contributed by atoms with van der Waals surface area (Å²) in [5, 5.41) is 0. The number of nitrogens with zero attached hydrogens (tertiary/aromatic N) is 1. The molecule has 1 atom stereocenters. The van der Waals surface area contributed by atoms with Crippen molar-refractivity contribution in [3.05, 3.63) is 58.4 Å². The molecule has 0 spiro atoms. The van der Waals surface area contributed by atoms with Crippen LogP contribution in [0.25, 0.3) is 0 Å². The Balaban J connectivity index is 1.96. The van der Waals surface area contributed by atoms with Crippen LogP contribution in [-0.4, -0.2) is 22.9 Å². The molecule has 1 aromatic heterocycles. The first kappa shape index (κ1) is 19.9. The lowest BCUT2D eigenvalue weighted by molar-refractivity contribution is -0.145. The second-order valence-corrected chi connectivity index (χ2v) is 7.26. The van der Waals surface area contributed by atoms with E-state index >= 15 is 0 Å². The van der Waals surface area contributed by atoms with Gasteiger partial charge in [0, 0.05) is 23.4 Å². The minimum absolute atomic E-state index is 0.0106. The van der Waals surface area contributed by atoms with Crippen LogP contribution in [0.3, 0.4) is 0 Å². The molecule has 0 radical (unpaired) electrons. The van der Waals surface area contributed by atoms with E-state index in [1.807, 2.05) is 17.6 Å². The molecule has 0 bridgehead atoms. The van der Waals surface area contributed by atoms with Crippen molar-refractivity contribution in [1.82, 2.24) is 4.57 Å². The Morgan fingerprint density at radius 2 is 1.96 bits per heavy atom. The average molecular weight is 377 g/mol. The van der Waals surface area contributed by atoms with Crippen molar-refractivity contribution in [2.75, 3.05) is 6.61 Å². The smallest absolute Gasteiger partial charge is 0.315 e. The van der Waals surface area contributed by atoms with Crippen molar-refractivity contribution in [3.63, 3.8) is 0 Å². The van der Waals surface area contributed by atoms with E-state index in [4.69, 9.17) is 11.2 Å². The summed E-state index contributed by atoms with van der Waals surface area (Å²) in [7, 11) is 0. The molecule has 0 fully saturated rings. The first-order valence-electron chi connectivity index (χ1n) is 10.1. The summed E-state index contributed by atoms with van der Waals surface area (Å²) in [6.45, 7) is 5.22. The van der Waals surface area contributed by atoms with Gasteiger partial charge in [-0.3, -0.25) is 9.59 Å². The summed E-state index contributed by atoms with van der Waals surface area (Å²) in [6.07, 6.45) is 9.79. The van der Waals surface area contributed by atoms with Crippen LogP contribution in [0.5, 0.6) is 0 Å². The van der Waals surface area contributed by atoms with Crippen LogP contribution in [0.4, 0.5) is 0 Å². The van der Waals surface area contributed by atoms with Crippen LogP contribution in [-0.2, 0) is 22.5 Å². The van der Waals surface area contributed by atoms with Crippen LogP contribution < -0.4 is 0 Å². The fourth-order valence-electron chi connectivity index (χ4n) is 3.79. The van der Waals surface area contributed by atoms with Crippen LogP contribution in [0.2, 0.25) is 0 Å². The zero-order valence-electron chi connectivity index (χ0n) is 16.7. The fourth-order valence-corrected chi connectivity index (χ4v) is 3.79. The number of unbranched alkanes of at least 4 members (excludes halogenated alkanes) is 1. The molecular weight excluding hydrogens is 350 g/mol. The number of benzene rings is 1. The number of ether oxygens (including phenoxy) is 1. The third kappa shape index (κ3) is 3.89. The van der Waals surface area contributed by atoms with Crippen molar-refractivity contribution in [2.45, 2.75) is 58.4 Å². The molecule has 1 unspecified atom stereocenters. The standard InChI is InChI=1S/C24H27NO3/c1-4-7-8-19-16-21-20(24(27)28-15-5-2)13-14-25(21)22(19)23(26)18-11-9-17(6-3)10-12-18/h3,9-12,16,20H,4-5,7-8,13-15H2,1-2H3. The van der Waals surface area contributed by atoms with E-state index in [-0.39, 0.29) is 17.7 Å². The lowest BCUT2D eigenvalue weighted by Gasteiger charge is -2.09. The molecule has 2 heterocycles. The lowest BCUT2D eigenvalue weighted by atomic mass is 9.99. The summed E-state index contributed by atoms with van der Waals surface area (Å²) < 4.78 is 7.40. The number of ketones is 1. The summed E-state index contributed by atoms with van der Waals surface area (Å²) in [4.78, 5) is 25.8. The highest BCUT2D eigenvalue weighted by Gasteiger charge is 2.35. The largest absolute Gasteiger partial charge is 0.465 e. The number of rotatable bonds is 8. The minimum atomic E-state index is -0.280. The molecule has 0 saturated carbocycles. The molecule has 1 aliphatic rings. The van der Waals surface area contributed by atoms with E-state index in [2.05, 4.69) is 12.8 Å². The highest BCUT2D eigenvalue weighted by atomic mass is 16.5. The molecule has 1 aliphatic heterocycles. The van der Waals surface area contributed by atoms with Gasteiger partial charge in [0.15, 0.2) is 0 Å². The Kier molecular flexibility index (Phi) is 6.36. The fraction of sp³-hybridized carbons (Fsp3) is 0.417. The molecule has 4 nitrogen and oxygen atoms in total. The second kappa shape index (κ2) is 8.93. The normalized spacial score (nSPS) is 15.1. The third-order valence-electron chi connectivity index (χ3n) is 5.27. The molecular formula is C24H27NO3. The van der Waals surface area contributed by atoms with E-state index in [9.17, 15) is 9.59 Å². The molecule has 3 rings (SSSR count). The van der Waals surface area contributed by atoms with Gasteiger partial charge in [0.05, 0.1) is 18.2 Å². The lowest BCUT2D eigenvalue weighted by Crippen LogP contribution is -2.14. The van der Waals surface area contributed by atoms with Gasteiger partial charge in [-0.2, -0.15) is 0 Å². The number of terminal acetylenes is 1. The molecule has 4 heteroatoms. The Hall–Kier alpha value is -2.80. The topological polar surface area (TPSA) is 48.3 Å².